The van der Waals surface area contributed by atoms with E-state index in [1.54, 1.807) is 0 Å². The van der Waals surface area contributed by atoms with Crippen LogP contribution in [0.4, 0.5) is 0 Å². The van der Waals surface area contributed by atoms with E-state index in [1.165, 1.54) is 48.7 Å². The third-order valence-corrected chi connectivity index (χ3v) is 4.78. The normalized spacial score (nSPS) is 18.5. The number of nitrogens with zero attached hydrogens (tertiary/aromatic N) is 2. The molecule has 1 aromatic carbocycles. The van der Waals surface area contributed by atoms with Gasteiger partial charge in [0.05, 0.1) is 11.2 Å². The van der Waals surface area contributed by atoms with Crippen LogP contribution in [-0.2, 0) is 13.6 Å². The molecule has 1 aliphatic carbocycles. The lowest BCUT2D eigenvalue weighted by atomic mass is 9.84. The molecule has 0 radical (unpaired) electrons. The highest BCUT2D eigenvalue weighted by molar-refractivity contribution is 5.81. The molecule has 1 saturated carbocycles. The van der Waals surface area contributed by atoms with Gasteiger partial charge in [-0.15, -0.1) is 0 Å². The van der Waals surface area contributed by atoms with Crippen molar-refractivity contribution in [3.8, 4) is 0 Å². The lowest BCUT2D eigenvalue weighted by Gasteiger charge is -2.28. The van der Waals surface area contributed by atoms with Crippen molar-refractivity contribution in [2.75, 3.05) is 0 Å². The molecular weight excluding hydrogens is 246 g/mol. The fraction of sp³-hybridized carbons (Fsp3) is 0.588. The summed E-state index contributed by atoms with van der Waals surface area (Å²) in [7, 11) is 2.02. The van der Waals surface area contributed by atoms with Crippen LogP contribution in [0.5, 0.6) is 0 Å². The van der Waals surface area contributed by atoms with Crippen molar-refractivity contribution in [3.63, 3.8) is 0 Å². The Kier molecular flexibility index (Phi) is 4.06. The number of nitrogens with one attached hydrogen (secondary N) is 1. The van der Waals surface area contributed by atoms with Crippen molar-refractivity contribution < 1.29 is 0 Å². The maximum atomic E-state index is 4.66. The summed E-state index contributed by atoms with van der Waals surface area (Å²) < 4.78 is 1.98. The first-order chi connectivity index (χ1) is 9.75. The summed E-state index contributed by atoms with van der Waals surface area (Å²) in [4.78, 5) is 0. The predicted molar refractivity (Wildman–Crippen MR) is 83.6 cm³/mol. The summed E-state index contributed by atoms with van der Waals surface area (Å²) in [5, 5.41) is 9.64. The Morgan fingerprint density at radius 1 is 1.25 bits per heavy atom. The van der Waals surface area contributed by atoms with Crippen LogP contribution in [0.15, 0.2) is 24.3 Å². The van der Waals surface area contributed by atoms with Crippen molar-refractivity contribution in [2.45, 2.75) is 51.6 Å². The Bertz CT molecular complexity index is 567. The van der Waals surface area contributed by atoms with Crippen molar-refractivity contribution in [3.05, 3.63) is 30.0 Å². The highest BCUT2D eigenvalue weighted by Crippen LogP contribution is 2.26. The topological polar surface area (TPSA) is 29.9 Å². The molecule has 0 spiro atoms. The Labute approximate surface area is 121 Å². The SMILES string of the molecule is CC(NCc1nn(C)c2ccccc12)C1CCCCC1. The van der Waals surface area contributed by atoms with E-state index < -0.39 is 0 Å². The molecule has 0 aliphatic heterocycles. The molecule has 1 N–H and O–H groups in total. The summed E-state index contributed by atoms with van der Waals surface area (Å²) in [6.45, 7) is 3.21. The van der Waals surface area contributed by atoms with Gasteiger partial charge in [0.15, 0.2) is 0 Å². The average molecular weight is 271 g/mol. The molecule has 1 aliphatic rings. The molecule has 2 aromatic rings. The molecule has 20 heavy (non-hydrogen) atoms. The molecule has 1 aromatic heterocycles. The lowest BCUT2D eigenvalue weighted by molar-refractivity contribution is 0.280. The Morgan fingerprint density at radius 3 is 2.80 bits per heavy atom. The molecule has 1 heterocycles. The summed E-state index contributed by atoms with van der Waals surface area (Å²) in [5.74, 6) is 0.846. The zero-order chi connectivity index (χ0) is 13.9. The largest absolute Gasteiger partial charge is 0.308 e. The summed E-state index contributed by atoms with van der Waals surface area (Å²) in [6.07, 6.45) is 7.01. The van der Waals surface area contributed by atoms with Gasteiger partial charge < -0.3 is 5.32 Å². The van der Waals surface area contributed by atoms with Crippen LogP contribution in [0.1, 0.15) is 44.7 Å². The number of benzene rings is 1. The summed E-state index contributed by atoms with van der Waals surface area (Å²) in [6, 6.07) is 9.07. The number of hydrogen-bond acceptors (Lipinski definition) is 2. The first-order valence-corrected chi connectivity index (χ1v) is 7.89. The van der Waals surface area contributed by atoms with E-state index in [2.05, 4.69) is 41.6 Å². The van der Waals surface area contributed by atoms with Gasteiger partial charge in [-0.1, -0.05) is 37.5 Å². The van der Waals surface area contributed by atoms with Crippen LogP contribution >= 0.6 is 0 Å². The molecule has 0 bridgehead atoms. The molecular formula is C17H25N3. The van der Waals surface area contributed by atoms with Gasteiger partial charge in [0, 0.05) is 25.0 Å². The second-order valence-corrected chi connectivity index (χ2v) is 6.16. The molecule has 1 atom stereocenters. The molecule has 3 rings (SSSR count). The van der Waals surface area contributed by atoms with Gasteiger partial charge in [0.1, 0.15) is 0 Å². The highest BCUT2D eigenvalue weighted by atomic mass is 15.3. The second kappa shape index (κ2) is 5.96. The van der Waals surface area contributed by atoms with Crippen LogP contribution in [0, 0.1) is 5.92 Å². The van der Waals surface area contributed by atoms with Crippen LogP contribution in [0.25, 0.3) is 10.9 Å². The van der Waals surface area contributed by atoms with Gasteiger partial charge in [-0.25, -0.2) is 0 Å². The Morgan fingerprint density at radius 2 is 2.00 bits per heavy atom. The fourth-order valence-corrected chi connectivity index (χ4v) is 3.48. The van der Waals surface area contributed by atoms with E-state index in [-0.39, 0.29) is 0 Å². The number of para-hydroxylation sites is 1. The molecule has 1 fully saturated rings. The first-order valence-electron chi connectivity index (χ1n) is 7.89. The molecule has 3 heteroatoms. The molecule has 0 saturated heterocycles. The molecule has 108 valence electrons. The number of aryl methyl sites for hydroxylation is 1. The maximum absolute atomic E-state index is 4.66. The monoisotopic (exact) mass is 271 g/mol. The second-order valence-electron chi connectivity index (χ2n) is 6.16. The van der Waals surface area contributed by atoms with E-state index in [9.17, 15) is 0 Å². The Hall–Kier alpha value is -1.35. The smallest absolute Gasteiger partial charge is 0.0841 e. The minimum atomic E-state index is 0.594. The maximum Gasteiger partial charge on any atom is 0.0841 e. The minimum Gasteiger partial charge on any atom is -0.308 e. The third kappa shape index (κ3) is 2.73. The number of fused-ring (bicyclic) bond motifs is 1. The van der Waals surface area contributed by atoms with Crippen LogP contribution in [0.3, 0.4) is 0 Å². The van der Waals surface area contributed by atoms with E-state index in [4.69, 9.17) is 0 Å². The van der Waals surface area contributed by atoms with Crippen molar-refractivity contribution >= 4 is 10.9 Å². The number of rotatable bonds is 4. The van der Waals surface area contributed by atoms with Gasteiger partial charge in [-0.3, -0.25) is 4.68 Å². The molecule has 3 nitrogen and oxygen atoms in total. The van der Waals surface area contributed by atoms with Gasteiger partial charge in [-0.2, -0.15) is 5.10 Å². The van der Waals surface area contributed by atoms with Crippen molar-refractivity contribution in [2.24, 2.45) is 13.0 Å². The zero-order valence-corrected chi connectivity index (χ0v) is 12.6. The van der Waals surface area contributed by atoms with Crippen LogP contribution in [0.2, 0.25) is 0 Å². The van der Waals surface area contributed by atoms with E-state index in [0.717, 1.165) is 12.5 Å². The first kappa shape index (κ1) is 13.6. The van der Waals surface area contributed by atoms with Crippen LogP contribution < -0.4 is 5.32 Å². The molecule has 1 unspecified atom stereocenters. The van der Waals surface area contributed by atoms with Crippen molar-refractivity contribution in [1.29, 1.82) is 0 Å². The molecule has 0 amide bonds. The van der Waals surface area contributed by atoms with Crippen molar-refractivity contribution in [1.82, 2.24) is 15.1 Å². The fourth-order valence-electron chi connectivity index (χ4n) is 3.48. The Balaban J connectivity index is 1.67. The summed E-state index contributed by atoms with van der Waals surface area (Å²) >= 11 is 0. The number of aromatic nitrogens is 2. The van der Waals surface area contributed by atoms with Gasteiger partial charge in [0.25, 0.3) is 0 Å². The predicted octanol–water partition coefficient (Wildman–Crippen LogP) is 3.63. The average Bonchev–Trinajstić information content (AvgIpc) is 2.83. The third-order valence-electron chi connectivity index (χ3n) is 4.78. The quantitative estimate of drug-likeness (QED) is 0.920. The highest BCUT2D eigenvalue weighted by Gasteiger charge is 2.20. The van der Waals surface area contributed by atoms with Gasteiger partial charge in [0.2, 0.25) is 0 Å². The number of hydrogen-bond donors (Lipinski definition) is 1. The van der Waals surface area contributed by atoms with E-state index in [0.29, 0.717) is 6.04 Å². The lowest BCUT2D eigenvalue weighted by Crippen LogP contribution is -2.34. The van der Waals surface area contributed by atoms with Gasteiger partial charge >= 0.3 is 0 Å². The minimum absolute atomic E-state index is 0.594. The standard InChI is InChI=1S/C17H25N3/c1-13(14-8-4-3-5-9-14)18-12-16-15-10-6-7-11-17(15)20(2)19-16/h6-7,10-11,13-14,18H,3-5,8-9,12H2,1-2H3. The zero-order valence-electron chi connectivity index (χ0n) is 12.6. The van der Waals surface area contributed by atoms with Crippen LogP contribution in [-0.4, -0.2) is 15.8 Å². The summed E-state index contributed by atoms with van der Waals surface area (Å²) in [5.41, 5.74) is 2.39. The van der Waals surface area contributed by atoms with E-state index in [1.807, 2.05) is 11.7 Å². The van der Waals surface area contributed by atoms with Gasteiger partial charge in [-0.05, 0) is 31.7 Å². The van der Waals surface area contributed by atoms with E-state index >= 15 is 0 Å².